The van der Waals surface area contributed by atoms with Crippen molar-refractivity contribution in [1.82, 2.24) is 24.6 Å². The average Bonchev–Trinajstić information content (AvgIpc) is 3.16. The van der Waals surface area contributed by atoms with Crippen LogP contribution in [-0.2, 0) is 9.84 Å². The zero-order valence-corrected chi connectivity index (χ0v) is 18.0. The highest BCUT2D eigenvalue weighted by Gasteiger charge is 2.36. The van der Waals surface area contributed by atoms with Crippen molar-refractivity contribution in [2.24, 2.45) is 4.99 Å². The Hall–Kier alpha value is -2.21. The summed E-state index contributed by atoms with van der Waals surface area (Å²) in [6.45, 7) is 3.15. The zero-order valence-electron chi connectivity index (χ0n) is 16.4. The number of likely N-dealkylation sites (N-methyl/N-ethyl adjacent to an activating group) is 1. The molecule has 154 valence electrons. The van der Waals surface area contributed by atoms with E-state index in [1.54, 1.807) is 18.3 Å². The van der Waals surface area contributed by atoms with Gasteiger partial charge in [0.1, 0.15) is 11.9 Å². The standard InChI is InChI=1S/C18H23N7O2S2/c1-18(19-2)7-4-8-20-16(18)23-17-22-15(24-28-17)14-6-5-12(9-21-14)29(26,27)13-10-25(3)11-13/h4-9,13,16,19H,10-11H2,1-3H3,(H,22,23,24). The topological polar surface area (TPSA) is 112 Å². The van der Waals surface area contributed by atoms with Gasteiger partial charge >= 0.3 is 0 Å². The van der Waals surface area contributed by atoms with Gasteiger partial charge in [0.15, 0.2) is 15.7 Å². The minimum Gasteiger partial charge on any atom is -0.337 e. The maximum Gasteiger partial charge on any atom is 0.204 e. The van der Waals surface area contributed by atoms with E-state index in [1.165, 1.54) is 17.7 Å². The molecule has 0 aromatic carbocycles. The third-order valence-electron chi connectivity index (χ3n) is 5.32. The number of hydrogen-bond acceptors (Lipinski definition) is 10. The van der Waals surface area contributed by atoms with E-state index in [0.29, 0.717) is 29.7 Å². The van der Waals surface area contributed by atoms with E-state index >= 15 is 0 Å². The van der Waals surface area contributed by atoms with Crippen molar-refractivity contribution >= 4 is 32.7 Å². The van der Waals surface area contributed by atoms with Gasteiger partial charge in [-0.2, -0.15) is 9.36 Å². The van der Waals surface area contributed by atoms with Gasteiger partial charge in [-0.15, -0.1) is 0 Å². The third-order valence-corrected chi connectivity index (χ3v) is 8.04. The lowest BCUT2D eigenvalue weighted by Crippen LogP contribution is -2.52. The fourth-order valence-corrected chi connectivity index (χ4v) is 5.59. The lowest BCUT2D eigenvalue weighted by atomic mass is 9.96. The van der Waals surface area contributed by atoms with Gasteiger partial charge in [-0.25, -0.2) is 8.42 Å². The van der Waals surface area contributed by atoms with Crippen LogP contribution in [-0.4, -0.2) is 78.0 Å². The summed E-state index contributed by atoms with van der Waals surface area (Å²) in [7, 11) is 0.437. The number of aromatic nitrogens is 3. The highest BCUT2D eigenvalue weighted by atomic mass is 32.2. The molecule has 1 fully saturated rings. The van der Waals surface area contributed by atoms with E-state index in [4.69, 9.17) is 0 Å². The Balaban J connectivity index is 1.48. The smallest absolute Gasteiger partial charge is 0.204 e. The molecule has 0 aliphatic carbocycles. The summed E-state index contributed by atoms with van der Waals surface area (Å²) >= 11 is 1.22. The number of anilines is 1. The lowest BCUT2D eigenvalue weighted by Gasteiger charge is -2.35. The number of nitrogens with one attached hydrogen (secondary N) is 2. The molecule has 2 aromatic rings. The summed E-state index contributed by atoms with van der Waals surface area (Å²) in [6, 6.07) is 3.23. The van der Waals surface area contributed by atoms with Gasteiger partial charge in [0.25, 0.3) is 0 Å². The van der Waals surface area contributed by atoms with Crippen molar-refractivity contribution in [1.29, 1.82) is 0 Å². The largest absolute Gasteiger partial charge is 0.337 e. The summed E-state index contributed by atoms with van der Waals surface area (Å²) in [5, 5.41) is 6.80. The summed E-state index contributed by atoms with van der Waals surface area (Å²) in [5.74, 6) is 0.450. The fraction of sp³-hybridized carbons (Fsp3) is 0.444. The minimum atomic E-state index is -3.35. The van der Waals surface area contributed by atoms with E-state index in [1.807, 2.05) is 38.1 Å². The van der Waals surface area contributed by atoms with Crippen LogP contribution >= 0.6 is 11.5 Å². The monoisotopic (exact) mass is 433 g/mol. The van der Waals surface area contributed by atoms with E-state index in [9.17, 15) is 8.42 Å². The van der Waals surface area contributed by atoms with Crippen LogP contribution in [0.3, 0.4) is 0 Å². The number of likely N-dealkylation sites (tertiary alicyclic amines) is 1. The van der Waals surface area contributed by atoms with E-state index in [-0.39, 0.29) is 21.9 Å². The van der Waals surface area contributed by atoms with Gasteiger partial charge in [-0.05, 0) is 39.2 Å². The molecule has 11 heteroatoms. The first-order chi connectivity index (χ1) is 13.8. The molecule has 9 nitrogen and oxygen atoms in total. The predicted molar refractivity (Wildman–Crippen MR) is 114 cm³/mol. The van der Waals surface area contributed by atoms with Crippen LogP contribution in [0.15, 0.2) is 40.4 Å². The number of allylic oxidation sites excluding steroid dienone is 1. The fourth-order valence-electron chi connectivity index (χ4n) is 3.25. The van der Waals surface area contributed by atoms with Crippen molar-refractivity contribution in [3.63, 3.8) is 0 Å². The molecule has 0 radical (unpaired) electrons. The maximum atomic E-state index is 12.6. The number of sulfone groups is 1. The third kappa shape index (κ3) is 3.82. The summed E-state index contributed by atoms with van der Waals surface area (Å²) in [6.07, 6.45) is 6.87. The van der Waals surface area contributed by atoms with Gasteiger partial charge in [-0.1, -0.05) is 6.08 Å². The number of rotatable bonds is 6. The van der Waals surface area contributed by atoms with Crippen LogP contribution in [0.2, 0.25) is 0 Å². The van der Waals surface area contributed by atoms with Crippen LogP contribution in [0.1, 0.15) is 6.92 Å². The second kappa shape index (κ2) is 7.56. The van der Waals surface area contributed by atoms with Crippen molar-refractivity contribution in [3.8, 4) is 11.5 Å². The molecule has 2 aromatic heterocycles. The Morgan fingerprint density at radius 2 is 2.10 bits per heavy atom. The molecular weight excluding hydrogens is 410 g/mol. The Morgan fingerprint density at radius 3 is 2.76 bits per heavy atom. The Bertz CT molecular complexity index is 1040. The molecule has 2 unspecified atom stereocenters. The molecule has 2 aliphatic heterocycles. The normalized spacial score (nSPS) is 25.1. The van der Waals surface area contributed by atoms with Gasteiger partial charge in [0.05, 0.1) is 15.7 Å². The average molecular weight is 434 g/mol. The van der Waals surface area contributed by atoms with Gasteiger partial charge in [0, 0.05) is 37.0 Å². The second-order valence-electron chi connectivity index (χ2n) is 7.43. The van der Waals surface area contributed by atoms with Crippen LogP contribution in [0, 0.1) is 0 Å². The SMILES string of the molecule is CNC1(C)C=CC=NC1Nc1nc(-c2ccc(S(=O)(=O)C3CN(C)C3)cn2)ns1. The van der Waals surface area contributed by atoms with E-state index in [2.05, 4.69) is 30.0 Å². The molecule has 0 bridgehead atoms. The number of dihydropyridines is 1. The quantitative estimate of drug-likeness (QED) is 0.695. The summed E-state index contributed by atoms with van der Waals surface area (Å²) in [5.41, 5.74) is 0.187. The van der Waals surface area contributed by atoms with Crippen molar-refractivity contribution in [2.45, 2.75) is 28.8 Å². The minimum absolute atomic E-state index is 0.223. The first kappa shape index (κ1) is 20.1. The molecule has 29 heavy (non-hydrogen) atoms. The molecule has 0 saturated carbocycles. The van der Waals surface area contributed by atoms with Crippen molar-refractivity contribution in [3.05, 3.63) is 30.5 Å². The zero-order chi connectivity index (χ0) is 20.6. The lowest BCUT2D eigenvalue weighted by molar-refractivity contribution is 0.232. The Morgan fingerprint density at radius 1 is 1.31 bits per heavy atom. The van der Waals surface area contributed by atoms with Crippen LogP contribution in [0.4, 0.5) is 5.13 Å². The van der Waals surface area contributed by atoms with Crippen molar-refractivity contribution in [2.75, 3.05) is 32.5 Å². The van der Waals surface area contributed by atoms with Gasteiger partial charge < -0.3 is 15.5 Å². The Labute approximate surface area is 174 Å². The first-order valence-electron chi connectivity index (χ1n) is 9.21. The molecule has 1 saturated heterocycles. The number of aliphatic imine (C=N–C) groups is 1. The first-order valence-corrected chi connectivity index (χ1v) is 11.5. The molecule has 2 aliphatic rings. The molecule has 2 N–H and O–H groups in total. The highest BCUT2D eigenvalue weighted by Crippen LogP contribution is 2.26. The molecule has 4 heterocycles. The number of nitrogens with zero attached hydrogens (tertiary/aromatic N) is 5. The molecule has 0 spiro atoms. The van der Waals surface area contributed by atoms with Crippen molar-refractivity contribution < 1.29 is 8.42 Å². The summed E-state index contributed by atoms with van der Waals surface area (Å²) < 4.78 is 29.5. The van der Waals surface area contributed by atoms with Gasteiger partial charge in [-0.3, -0.25) is 9.98 Å². The number of pyridine rings is 1. The highest BCUT2D eigenvalue weighted by molar-refractivity contribution is 7.92. The van der Waals surface area contributed by atoms with Gasteiger partial charge in [0.2, 0.25) is 5.13 Å². The second-order valence-corrected chi connectivity index (χ2v) is 10.4. The Kier molecular flexibility index (Phi) is 5.23. The molecule has 4 rings (SSSR count). The van der Waals surface area contributed by atoms with Crippen LogP contribution < -0.4 is 10.6 Å². The maximum absolute atomic E-state index is 12.6. The van der Waals surface area contributed by atoms with E-state index < -0.39 is 9.84 Å². The molecule has 0 amide bonds. The summed E-state index contributed by atoms with van der Waals surface area (Å²) in [4.78, 5) is 15.5. The molecular formula is C18H23N7O2S2. The number of hydrogen-bond donors (Lipinski definition) is 2. The van der Waals surface area contributed by atoms with E-state index in [0.717, 1.165) is 0 Å². The van der Waals surface area contributed by atoms with Crippen LogP contribution in [0.5, 0.6) is 0 Å². The predicted octanol–water partition coefficient (Wildman–Crippen LogP) is 1.04. The van der Waals surface area contributed by atoms with Crippen LogP contribution in [0.25, 0.3) is 11.5 Å². The molecule has 2 atom stereocenters.